The number of hydrogen-bond donors (Lipinski definition) is 1. The van der Waals surface area contributed by atoms with Gasteiger partial charge in [-0.25, -0.2) is 0 Å². The standard InChI is InChI=1S/C20H20N2O4/c1-3-9-10-8-13-17-20(14(10)18(23)25-2,11-6-4-5-7-12(11)21-17)15-16(9)22(13)26-19(15)24/h3-7,10,13-16,19,24H,8H2,1-2H3/b9-3+/t10-,13+,14-,15?,16?,19?,20?/m0/s1. The Kier molecular flexibility index (Phi) is 2.68. The molecule has 6 aliphatic rings. The van der Waals surface area contributed by atoms with Crippen molar-refractivity contribution < 1.29 is 19.5 Å². The summed E-state index contributed by atoms with van der Waals surface area (Å²) in [7, 11) is 1.45. The van der Waals surface area contributed by atoms with Crippen molar-refractivity contribution in [1.82, 2.24) is 5.06 Å². The first-order chi connectivity index (χ1) is 12.6. The molecule has 134 valence electrons. The van der Waals surface area contributed by atoms with Crippen LogP contribution < -0.4 is 0 Å². The first-order valence-electron chi connectivity index (χ1n) is 9.20. The van der Waals surface area contributed by atoms with E-state index in [9.17, 15) is 9.90 Å². The highest BCUT2D eigenvalue weighted by Gasteiger charge is 2.78. The second-order valence-corrected chi connectivity index (χ2v) is 7.86. The second-order valence-electron chi connectivity index (χ2n) is 7.86. The lowest BCUT2D eigenvalue weighted by Crippen LogP contribution is -2.74. The molecule has 1 aromatic rings. The third-order valence-electron chi connectivity index (χ3n) is 7.24. The molecule has 2 saturated carbocycles. The average Bonchev–Trinajstić information content (AvgIpc) is 3.16. The summed E-state index contributed by atoms with van der Waals surface area (Å²) < 4.78 is 5.27. The molecule has 1 spiro atoms. The maximum Gasteiger partial charge on any atom is 0.310 e. The fraction of sp³-hybridized carbons (Fsp3) is 0.500. The molecule has 5 unspecified atom stereocenters. The number of aliphatic hydroxyl groups excluding tert-OH is 1. The predicted octanol–water partition coefficient (Wildman–Crippen LogP) is 1.71. The van der Waals surface area contributed by atoms with Crippen LogP contribution in [0.5, 0.6) is 0 Å². The lowest BCUT2D eigenvalue weighted by molar-refractivity contribution is -0.234. The van der Waals surface area contributed by atoms with Crippen LogP contribution in [0.2, 0.25) is 0 Å². The fourth-order valence-corrected chi connectivity index (χ4v) is 6.62. The first-order valence-corrected chi connectivity index (χ1v) is 9.20. The minimum atomic E-state index is -0.956. The number of nitrogens with zero attached hydrogens (tertiary/aromatic N) is 2. The lowest BCUT2D eigenvalue weighted by atomic mass is 9.43. The topological polar surface area (TPSA) is 71.4 Å². The Labute approximate surface area is 151 Å². The van der Waals surface area contributed by atoms with Crippen molar-refractivity contribution in [1.29, 1.82) is 0 Å². The monoisotopic (exact) mass is 352 g/mol. The summed E-state index contributed by atoms with van der Waals surface area (Å²) in [6, 6.07) is 8.00. The molecule has 0 aromatic heterocycles. The summed E-state index contributed by atoms with van der Waals surface area (Å²) in [5, 5.41) is 12.8. The van der Waals surface area contributed by atoms with Crippen molar-refractivity contribution in [2.45, 2.75) is 37.1 Å². The Morgan fingerprint density at radius 3 is 3.04 bits per heavy atom. The highest BCUT2D eigenvalue weighted by atomic mass is 16.8. The van der Waals surface area contributed by atoms with Crippen molar-refractivity contribution in [3.05, 3.63) is 41.5 Å². The number of fused-ring (bicyclic) bond motifs is 1. The second kappa shape index (κ2) is 4.63. The predicted molar refractivity (Wildman–Crippen MR) is 92.6 cm³/mol. The van der Waals surface area contributed by atoms with Crippen molar-refractivity contribution in [2.24, 2.45) is 22.7 Å². The number of rotatable bonds is 1. The van der Waals surface area contributed by atoms with E-state index in [1.165, 1.54) is 12.7 Å². The van der Waals surface area contributed by atoms with E-state index in [0.29, 0.717) is 0 Å². The van der Waals surface area contributed by atoms with Crippen LogP contribution in [0.25, 0.3) is 0 Å². The number of benzene rings is 1. The maximum atomic E-state index is 13.1. The molecule has 0 radical (unpaired) electrons. The van der Waals surface area contributed by atoms with E-state index in [0.717, 1.165) is 23.4 Å². The Morgan fingerprint density at radius 1 is 1.46 bits per heavy atom. The summed E-state index contributed by atoms with van der Waals surface area (Å²) >= 11 is 0. The number of hydrogen-bond acceptors (Lipinski definition) is 6. The largest absolute Gasteiger partial charge is 0.469 e. The Bertz CT molecular complexity index is 909. The number of methoxy groups -OCH3 is 1. The van der Waals surface area contributed by atoms with Gasteiger partial charge in [-0.2, -0.15) is 5.06 Å². The molecule has 8 atom stereocenters. The van der Waals surface area contributed by atoms with Gasteiger partial charge in [-0.15, -0.1) is 0 Å². The number of carbonyl (C=O) groups is 1. The summed E-state index contributed by atoms with van der Waals surface area (Å²) in [5.41, 5.74) is 3.46. The van der Waals surface area contributed by atoms with Crippen LogP contribution in [0.1, 0.15) is 18.9 Å². The zero-order valence-corrected chi connectivity index (χ0v) is 14.6. The van der Waals surface area contributed by atoms with Crippen molar-refractivity contribution in [2.75, 3.05) is 7.11 Å². The van der Waals surface area contributed by atoms with Crippen LogP contribution in [0.3, 0.4) is 0 Å². The summed E-state index contributed by atoms with van der Waals surface area (Å²) in [4.78, 5) is 23.9. The molecule has 1 N–H and O–H groups in total. The van der Waals surface area contributed by atoms with Crippen molar-refractivity contribution in [3.63, 3.8) is 0 Å². The highest BCUT2D eigenvalue weighted by molar-refractivity contribution is 6.10. The number of hydroxylamine groups is 2. The Balaban J connectivity index is 1.71. The van der Waals surface area contributed by atoms with Crippen LogP contribution in [-0.2, 0) is 19.8 Å². The number of aliphatic hydroxyl groups is 1. The summed E-state index contributed by atoms with van der Waals surface area (Å²) in [6.07, 6.45) is 1.91. The van der Waals surface area contributed by atoms with Gasteiger partial charge >= 0.3 is 5.97 Å². The smallest absolute Gasteiger partial charge is 0.310 e. The maximum absolute atomic E-state index is 13.1. The molecule has 4 aliphatic heterocycles. The number of carbonyl (C=O) groups excluding carboxylic acids is 1. The van der Waals surface area contributed by atoms with Gasteiger partial charge in [-0.05, 0) is 30.9 Å². The molecule has 6 bridgehead atoms. The van der Waals surface area contributed by atoms with Gasteiger partial charge < -0.3 is 9.84 Å². The lowest BCUT2D eigenvalue weighted by Gasteiger charge is -2.63. The minimum absolute atomic E-state index is 0.00425. The van der Waals surface area contributed by atoms with Gasteiger partial charge in [-0.1, -0.05) is 29.8 Å². The Hall–Kier alpha value is -2.02. The molecule has 1 aromatic carbocycles. The molecule has 6 heteroatoms. The third kappa shape index (κ3) is 1.34. The number of para-hydroxylation sites is 1. The van der Waals surface area contributed by atoms with Crippen molar-refractivity contribution >= 4 is 17.4 Å². The number of esters is 1. The molecule has 7 rings (SSSR count). The fourth-order valence-electron chi connectivity index (χ4n) is 6.62. The van der Waals surface area contributed by atoms with Gasteiger partial charge in [-0.3, -0.25) is 14.6 Å². The Morgan fingerprint density at radius 2 is 2.27 bits per heavy atom. The van der Waals surface area contributed by atoms with Gasteiger partial charge in [0.25, 0.3) is 0 Å². The van der Waals surface area contributed by atoms with E-state index < -0.39 is 11.7 Å². The zero-order valence-electron chi connectivity index (χ0n) is 14.6. The molecule has 6 nitrogen and oxygen atoms in total. The van der Waals surface area contributed by atoms with Gasteiger partial charge in [0.2, 0.25) is 0 Å². The molecule has 2 aliphatic carbocycles. The highest BCUT2D eigenvalue weighted by Crippen LogP contribution is 2.69. The van der Waals surface area contributed by atoms with Gasteiger partial charge in [0, 0.05) is 5.92 Å². The van der Waals surface area contributed by atoms with E-state index >= 15 is 0 Å². The van der Waals surface area contributed by atoms with Crippen LogP contribution >= 0.6 is 0 Å². The zero-order chi connectivity index (χ0) is 17.8. The number of allylic oxidation sites excluding steroid dienone is 1. The van der Waals surface area contributed by atoms with Gasteiger partial charge in [0.15, 0.2) is 6.29 Å². The number of aliphatic imine (C=N–C) groups is 1. The summed E-state index contributed by atoms with van der Waals surface area (Å²) in [6.45, 7) is 2.01. The van der Waals surface area contributed by atoms with Crippen LogP contribution in [0.4, 0.5) is 5.69 Å². The molecular formula is C20H20N2O4. The van der Waals surface area contributed by atoms with Gasteiger partial charge in [0.1, 0.15) is 0 Å². The summed E-state index contributed by atoms with van der Waals surface area (Å²) in [5.74, 6) is -0.762. The van der Waals surface area contributed by atoms with Gasteiger partial charge in [0.05, 0.1) is 41.9 Å². The van der Waals surface area contributed by atoms with E-state index in [1.54, 1.807) is 0 Å². The van der Waals surface area contributed by atoms with E-state index in [-0.39, 0.29) is 35.8 Å². The van der Waals surface area contributed by atoms with E-state index in [2.05, 4.69) is 12.1 Å². The molecule has 4 heterocycles. The SMILES string of the molecule is C/C=C1/C2C3C(O)ON2[C@@H]2C[C@@H]1[C@@H](C(=O)OC)C31C2=Nc2ccccc21. The van der Waals surface area contributed by atoms with Crippen molar-refractivity contribution in [3.8, 4) is 0 Å². The molecule has 3 saturated heterocycles. The van der Waals surface area contributed by atoms with E-state index in [4.69, 9.17) is 14.6 Å². The number of ether oxygens (including phenoxy) is 1. The van der Waals surface area contributed by atoms with Crippen LogP contribution in [0, 0.1) is 17.8 Å². The number of piperidine rings is 2. The average molecular weight is 352 g/mol. The molecular weight excluding hydrogens is 332 g/mol. The van der Waals surface area contributed by atoms with Crippen LogP contribution in [0.15, 0.2) is 40.9 Å². The molecule has 26 heavy (non-hydrogen) atoms. The molecule has 0 amide bonds. The quantitative estimate of drug-likeness (QED) is 0.615. The normalized spacial score (nSPS) is 47.7. The first kappa shape index (κ1) is 15.1. The molecule has 5 fully saturated rings. The third-order valence-corrected chi connectivity index (χ3v) is 7.24. The van der Waals surface area contributed by atoms with E-state index in [1.807, 2.05) is 30.2 Å². The van der Waals surface area contributed by atoms with Crippen LogP contribution in [-0.4, -0.2) is 47.3 Å². The minimum Gasteiger partial charge on any atom is -0.469 e.